The minimum absolute atomic E-state index is 0.304. The summed E-state index contributed by atoms with van der Waals surface area (Å²) in [4.78, 5) is 9.10. The van der Waals surface area contributed by atoms with Crippen molar-refractivity contribution >= 4 is 5.96 Å². The topological polar surface area (TPSA) is 97.8 Å². The molecule has 1 atom stereocenters. The Hall–Kier alpha value is -2.45. The van der Waals surface area contributed by atoms with Gasteiger partial charge < -0.3 is 15.2 Å². The minimum atomic E-state index is 0.304. The fraction of sp³-hybridized carbons (Fsp3) is 0.706. The van der Waals surface area contributed by atoms with Crippen molar-refractivity contribution in [2.45, 2.75) is 70.6 Å². The second-order valence-corrected chi connectivity index (χ2v) is 7.25. The molecule has 1 unspecified atom stereocenters. The van der Waals surface area contributed by atoms with Gasteiger partial charge in [0.15, 0.2) is 11.8 Å². The van der Waals surface area contributed by atoms with E-state index in [0.717, 1.165) is 42.8 Å². The van der Waals surface area contributed by atoms with Gasteiger partial charge in [-0.05, 0) is 26.2 Å². The van der Waals surface area contributed by atoms with Crippen LogP contribution in [0.25, 0.3) is 0 Å². The van der Waals surface area contributed by atoms with E-state index >= 15 is 0 Å². The van der Waals surface area contributed by atoms with Crippen LogP contribution in [-0.4, -0.2) is 47.6 Å². The van der Waals surface area contributed by atoms with E-state index in [0.29, 0.717) is 18.6 Å². The summed E-state index contributed by atoms with van der Waals surface area (Å²) in [6, 6.07) is 0.811. The molecule has 2 aromatic rings. The predicted octanol–water partition coefficient (Wildman–Crippen LogP) is 0.708. The van der Waals surface area contributed by atoms with Gasteiger partial charge in [-0.2, -0.15) is 5.10 Å². The standard InChI is InChI=1S/C17H27N9/c1-12-23-24-16(25(12)2)9-18-17(21-13-5-3-4-6-13)22-14-7-8-15-19-11-20-26(15)10-14/h11,13-14H,3-10H2,1-2H3,(H2,18,21,22). The molecule has 3 heterocycles. The molecule has 26 heavy (non-hydrogen) atoms. The van der Waals surface area contributed by atoms with Gasteiger partial charge in [0.2, 0.25) is 0 Å². The van der Waals surface area contributed by atoms with Gasteiger partial charge in [-0.3, -0.25) is 0 Å². The van der Waals surface area contributed by atoms with Crippen LogP contribution < -0.4 is 10.6 Å². The van der Waals surface area contributed by atoms with E-state index in [2.05, 4.69) is 30.9 Å². The quantitative estimate of drug-likeness (QED) is 0.618. The zero-order valence-electron chi connectivity index (χ0n) is 15.5. The molecule has 2 aromatic heterocycles. The van der Waals surface area contributed by atoms with E-state index < -0.39 is 0 Å². The number of aromatic nitrogens is 6. The Labute approximate surface area is 153 Å². The van der Waals surface area contributed by atoms with Crippen molar-refractivity contribution in [2.75, 3.05) is 0 Å². The Morgan fingerprint density at radius 2 is 2.00 bits per heavy atom. The highest BCUT2D eigenvalue weighted by Crippen LogP contribution is 2.18. The van der Waals surface area contributed by atoms with Crippen molar-refractivity contribution in [1.29, 1.82) is 0 Å². The Morgan fingerprint density at radius 3 is 2.77 bits per heavy atom. The van der Waals surface area contributed by atoms with Crippen molar-refractivity contribution in [3.05, 3.63) is 23.8 Å². The number of aryl methyl sites for hydroxylation is 2. The Morgan fingerprint density at radius 1 is 1.19 bits per heavy atom. The maximum absolute atomic E-state index is 4.80. The third-order valence-electron chi connectivity index (χ3n) is 5.40. The Balaban J connectivity index is 1.45. The van der Waals surface area contributed by atoms with Crippen LogP contribution in [0.4, 0.5) is 0 Å². The molecule has 9 nitrogen and oxygen atoms in total. The molecule has 0 bridgehead atoms. The van der Waals surface area contributed by atoms with Crippen LogP contribution in [0.1, 0.15) is 49.6 Å². The van der Waals surface area contributed by atoms with E-state index in [1.54, 1.807) is 6.33 Å². The van der Waals surface area contributed by atoms with Crippen LogP contribution in [0.2, 0.25) is 0 Å². The van der Waals surface area contributed by atoms with Crippen LogP contribution in [0.5, 0.6) is 0 Å². The summed E-state index contributed by atoms with van der Waals surface area (Å²) < 4.78 is 3.97. The molecule has 0 spiro atoms. The number of nitrogens with one attached hydrogen (secondary N) is 2. The first-order chi connectivity index (χ1) is 12.7. The number of aliphatic imine (C=N–C) groups is 1. The van der Waals surface area contributed by atoms with Gasteiger partial charge in [-0.1, -0.05) is 12.8 Å². The Bertz CT molecular complexity index is 769. The van der Waals surface area contributed by atoms with Crippen molar-refractivity contribution in [3.8, 4) is 0 Å². The summed E-state index contributed by atoms with van der Waals surface area (Å²) in [5, 5.41) is 19.9. The molecule has 1 fully saturated rings. The molecule has 0 radical (unpaired) electrons. The number of fused-ring (bicyclic) bond motifs is 1. The second-order valence-electron chi connectivity index (χ2n) is 7.25. The number of nitrogens with zero attached hydrogens (tertiary/aromatic N) is 7. The van der Waals surface area contributed by atoms with Crippen LogP contribution in [0.15, 0.2) is 11.3 Å². The van der Waals surface area contributed by atoms with Crippen LogP contribution >= 0.6 is 0 Å². The van der Waals surface area contributed by atoms with Gasteiger partial charge in [0.05, 0.1) is 6.54 Å². The first kappa shape index (κ1) is 17.0. The molecule has 140 valence electrons. The molecular weight excluding hydrogens is 330 g/mol. The molecule has 4 rings (SSSR count). The van der Waals surface area contributed by atoms with Gasteiger partial charge in [0.1, 0.15) is 24.5 Å². The monoisotopic (exact) mass is 357 g/mol. The first-order valence-corrected chi connectivity index (χ1v) is 9.48. The summed E-state index contributed by atoms with van der Waals surface area (Å²) >= 11 is 0. The van der Waals surface area contributed by atoms with E-state index in [1.165, 1.54) is 25.7 Å². The molecule has 1 aliphatic heterocycles. The lowest BCUT2D eigenvalue weighted by molar-refractivity contribution is 0.390. The molecule has 0 saturated heterocycles. The molecular formula is C17H27N9. The average Bonchev–Trinajstić information content (AvgIpc) is 3.37. The predicted molar refractivity (Wildman–Crippen MR) is 97.5 cm³/mol. The molecule has 9 heteroatoms. The maximum atomic E-state index is 4.80. The highest BCUT2D eigenvalue weighted by molar-refractivity contribution is 5.80. The number of guanidine groups is 1. The lowest BCUT2D eigenvalue weighted by Gasteiger charge is -2.27. The number of hydrogen-bond donors (Lipinski definition) is 2. The summed E-state index contributed by atoms with van der Waals surface area (Å²) in [6.45, 7) is 3.29. The second kappa shape index (κ2) is 7.43. The third-order valence-corrected chi connectivity index (χ3v) is 5.40. The summed E-state index contributed by atoms with van der Waals surface area (Å²) in [5.41, 5.74) is 0. The Kier molecular flexibility index (Phi) is 4.85. The third kappa shape index (κ3) is 3.71. The van der Waals surface area contributed by atoms with Crippen LogP contribution in [0, 0.1) is 6.92 Å². The van der Waals surface area contributed by atoms with E-state index in [9.17, 15) is 0 Å². The average molecular weight is 357 g/mol. The lowest BCUT2D eigenvalue weighted by atomic mass is 10.1. The molecule has 2 aliphatic rings. The van der Waals surface area contributed by atoms with Gasteiger partial charge in [-0.25, -0.2) is 14.7 Å². The molecule has 2 N–H and O–H groups in total. The van der Waals surface area contributed by atoms with Crippen LogP contribution in [0.3, 0.4) is 0 Å². The zero-order chi connectivity index (χ0) is 17.9. The maximum Gasteiger partial charge on any atom is 0.192 e. The highest BCUT2D eigenvalue weighted by Gasteiger charge is 2.22. The smallest absolute Gasteiger partial charge is 0.192 e. The largest absolute Gasteiger partial charge is 0.354 e. The van der Waals surface area contributed by atoms with Crippen molar-refractivity contribution in [1.82, 2.24) is 40.2 Å². The fourth-order valence-electron chi connectivity index (χ4n) is 3.68. The zero-order valence-corrected chi connectivity index (χ0v) is 15.5. The summed E-state index contributed by atoms with van der Waals surface area (Å²) in [6.07, 6.45) is 8.62. The van der Waals surface area contributed by atoms with Gasteiger partial charge in [0, 0.05) is 25.6 Å². The highest BCUT2D eigenvalue weighted by atomic mass is 15.4. The van der Waals surface area contributed by atoms with Gasteiger partial charge in [0.25, 0.3) is 0 Å². The fourth-order valence-corrected chi connectivity index (χ4v) is 3.68. The van der Waals surface area contributed by atoms with Crippen molar-refractivity contribution in [2.24, 2.45) is 12.0 Å². The normalized spacial score (nSPS) is 21.0. The molecule has 1 saturated carbocycles. The first-order valence-electron chi connectivity index (χ1n) is 9.48. The van der Waals surface area contributed by atoms with E-state index in [1.807, 2.05) is 23.2 Å². The van der Waals surface area contributed by atoms with E-state index in [-0.39, 0.29) is 0 Å². The minimum Gasteiger partial charge on any atom is -0.354 e. The number of hydrogen-bond acceptors (Lipinski definition) is 5. The van der Waals surface area contributed by atoms with Crippen LogP contribution in [-0.2, 0) is 26.6 Å². The van der Waals surface area contributed by atoms with Gasteiger partial charge >= 0.3 is 0 Å². The molecule has 1 aliphatic carbocycles. The molecule has 0 amide bonds. The molecule has 0 aromatic carbocycles. The summed E-state index contributed by atoms with van der Waals surface area (Å²) in [5.74, 6) is 3.71. The van der Waals surface area contributed by atoms with E-state index in [4.69, 9.17) is 4.99 Å². The van der Waals surface area contributed by atoms with Crippen molar-refractivity contribution in [3.63, 3.8) is 0 Å². The van der Waals surface area contributed by atoms with Gasteiger partial charge in [-0.15, -0.1) is 10.2 Å². The number of rotatable bonds is 4. The lowest BCUT2D eigenvalue weighted by Crippen LogP contribution is -2.49. The van der Waals surface area contributed by atoms with Crippen molar-refractivity contribution < 1.29 is 0 Å². The summed E-state index contributed by atoms with van der Waals surface area (Å²) in [7, 11) is 1.98. The SMILES string of the molecule is Cc1nnc(CN=C(NC2CCCC2)NC2CCc3ncnn3C2)n1C.